The third-order valence-corrected chi connectivity index (χ3v) is 5.69. The van der Waals surface area contributed by atoms with E-state index in [2.05, 4.69) is 20.8 Å². The maximum absolute atomic E-state index is 11.9. The van der Waals surface area contributed by atoms with Crippen molar-refractivity contribution >= 4 is 21.6 Å². The number of aromatic nitrogens is 2. The highest BCUT2D eigenvalue weighted by Crippen LogP contribution is 2.20. The molecule has 1 saturated heterocycles. The third kappa shape index (κ3) is 4.10. The highest BCUT2D eigenvalue weighted by Gasteiger charge is 2.27. The number of benzene rings is 1. The van der Waals surface area contributed by atoms with Gasteiger partial charge >= 0.3 is 6.03 Å². The van der Waals surface area contributed by atoms with E-state index in [0.717, 1.165) is 11.1 Å². The van der Waals surface area contributed by atoms with E-state index in [0.29, 0.717) is 18.7 Å². The van der Waals surface area contributed by atoms with Gasteiger partial charge in [0, 0.05) is 24.0 Å². The number of amides is 2. The molecule has 8 heteroatoms. The number of carbonyl (C=O) groups excluding carboxylic acids is 1. The highest BCUT2D eigenvalue weighted by atomic mass is 32.2. The van der Waals surface area contributed by atoms with Gasteiger partial charge in [-0.05, 0) is 30.0 Å². The van der Waals surface area contributed by atoms with Crippen LogP contribution in [0.2, 0.25) is 0 Å². The fourth-order valence-electron chi connectivity index (χ4n) is 2.60. The summed E-state index contributed by atoms with van der Waals surface area (Å²) in [7, 11) is -2.91. The van der Waals surface area contributed by atoms with E-state index in [1.165, 1.54) is 0 Å². The minimum absolute atomic E-state index is 0.00853. The Bertz CT molecular complexity index is 770. The van der Waals surface area contributed by atoms with Gasteiger partial charge in [-0.2, -0.15) is 5.10 Å². The van der Waals surface area contributed by atoms with Gasteiger partial charge in [0.05, 0.1) is 17.7 Å². The summed E-state index contributed by atoms with van der Waals surface area (Å²) in [6.07, 6.45) is 4.14. The van der Waals surface area contributed by atoms with Gasteiger partial charge in [-0.15, -0.1) is 0 Å². The second kappa shape index (κ2) is 6.41. The number of rotatable bonds is 4. The van der Waals surface area contributed by atoms with Crippen LogP contribution in [0.15, 0.2) is 36.7 Å². The molecule has 0 radical (unpaired) electrons. The lowest BCUT2D eigenvalue weighted by Gasteiger charge is -2.11. The average molecular weight is 334 g/mol. The molecule has 7 nitrogen and oxygen atoms in total. The smallest absolute Gasteiger partial charge is 0.319 e. The Morgan fingerprint density at radius 3 is 2.65 bits per heavy atom. The van der Waals surface area contributed by atoms with Crippen molar-refractivity contribution in [2.24, 2.45) is 5.92 Å². The molecule has 3 N–H and O–H groups in total. The number of urea groups is 1. The van der Waals surface area contributed by atoms with Gasteiger partial charge in [-0.1, -0.05) is 12.1 Å². The zero-order valence-electron chi connectivity index (χ0n) is 12.5. The minimum atomic E-state index is -2.91. The molecule has 0 aliphatic carbocycles. The molecule has 1 aliphatic rings. The van der Waals surface area contributed by atoms with Gasteiger partial charge < -0.3 is 10.6 Å². The number of aromatic amines is 1. The number of nitrogens with zero attached hydrogens (tertiary/aromatic N) is 1. The number of carbonyl (C=O) groups is 1. The summed E-state index contributed by atoms with van der Waals surface area (Å²) in [4.78, 5) is 11.9. The van der Waals surface area contributed by atoms with Gasteiger partial charge in [0.1, 0.15) is 0 Å². The fourth-order valence-corrected chi connectivity index (χ4v) is 4.46. The lowest BCUT2D eigenvalue weighted by molar-refractivity contribution is 0.250. The Morgan fingerprint density at radius 2 is 2.04 bits per heavy atom. The molecule has 1 fully saturated rings. The van der Waals surface area contributed by atoms with Crippen molar-refractivity contribution < 1.29 is 13.2 Å². The molecule has 0 spiro atoms. The summed E-state index contributed by atoms with van der Waals surface area (Å²) in [5.74, 6) is 0.387. The number of hydrogen-bond acceptors (Lipinski definition) is 4. The maximum Gasteiger partial charge on any atom is 0.319 e. The van der Waals surface area contributed by atoms with Crippen molar-refractivity contribution in [3.8, 4) is 11.1 Å². The molecule has 1 atom stereocenters. The molecular weight excluding hydrogens is 316 g/mol. The van der Waals surface area contributed by atoms with E-state index < -0.39 is 9.84 Å². The summed E-state index contributed by atoms with van der Waals surface area (Å²) >= 11 is 0. The predicted octanol–water partition coefficient (Wildman–Crippen LogP) is 1.63. The molecule has 1 aromatic heterocycles. The molecule has 1 aromatic carbocycles. The molecule has 1 aliphatic heterocycles. The molecule has 2 aromatic rings. The van der Waals surface area contributed by atoms with Gasteiger partial charge in [-0.25, -0.2) is 13.2 Å². The van der Waals surface area contributed by atoms with Gasteiger partial charge in [-0.3, -0.25) is 5.10 Å². The SMILES string of the molecule is O=C(NCC1CCS(=O)(=O)C1)Nc1ccc(-c2cn[nH]c2)cc1. The van der Waals surface area contributed by atoms with Crippen molar-refractivity contribution in [3.05, 3.63) is 36.7 Å². The monoisotopic (exact) mass is 334 g/mol. The lowest BCUT2D eigenvalue weighted by atomic mass is 10.1. The van der Waals surface area contributed by atoms with Crippen molar-refractivity contribution in [2.45, 2.75) is 6.42 Å². The molecule has 2 heterocycles. The first-order chi connectivity index (χ1) is 11.0. The molecule has 0 bridgehead atoms. The summed E-state index contributed by atoms with van der Waals surface area (Å²) in [5.41, 5.74) is 2.65. The number of hydrogen-bond donors (Lipinski definition) is 3. The fraction of sp³-hybridized carbons (Fsp3) is 0.333. The van der Waals surface area contributed by atoms with E-state index in [9.17, 15) is 13.2 Å². The average Bonchev–Trinajstić information content (AvgIpc) is 3.15. The zero-order chi connectivity index (χ0) is 16.3. The van der Waals surface area contributed by atoms with Crippen molar-refractivity contribution in [2.75, 3.05) is 23.4 Å². The van der Waals surface area contributed by atoms with E-state index in [-0.39, 0.29) is 23.5 Å². The van der Waals surface area contributed by atoms with Crippen LogP contribution in [-0.2, 0) is 9.84 Å². The largest absolute Gasteiger partial charge is 0.338 e. The van der Waals surface area contributed by atoms with Crippen LogP contribution in [0, 0.1) is 5.92 Å². The van der Waals surface area contributed by atoms with Crippen LogP contribution in [0.1, 0.15) is 6.42 Å². The Hall–Kier alpha value is -2.35. The van der Waals surface area contributed by atoms with Crippen molar-refractivity contribution in [3.63, 3.8) is 0 Å². The number of anilines is 1. The molecular formula is C15H18N4O3S. The topological polar surface area (TPSA) is 104 Å². The Balaban J connectivity index is 1.50. The van der Waals surface area contributed by atoms with E-state index in [4.69, 9.17) is 0 Å². The number of nitrogens with one attached hydrogen (secondary N) is 3. The molecule has 3 rings (SSSR count). The van der Waals surface area contributed by atoms with Crippen LogP contribution in [0.5, 0.6) is 0 Å². The Labute approximate surface area is 134 Å². The summed E-state index contributed by atoms with van der Waals surface area (Å²) in [6, 6.07) is 7.07. The number of sulfone groups is 1. The second-order valence-corrected chi connectivity index (χ2v) is 7.90. The molecule has 23 heavy (non-hydrogen) atoms. The first-order valence-electron chi connectivity index (χ1n) is 7.36. The minimum Gasteiger partial charge on any atom is -0.338 e. The van der Waals surface area contributed by atoms with E-state index >= 15 is 0 Å². The van der Waals surface area contributed by atoms with E-state index in [1.807, 2.05) is 24.3 Å². The van der Waals surface area contributed by atoms with Crippen LogP contribution >= 0.6 is 0 Å². The lowest BCUT2D eigenvalue weighted by Crippen LogP contribution is -2.33. The molecule has 122 valence electrons. The zero-order valence-corrected chi connectivity index (χ0v) is 13.3. The van der Waals surface area contributed by atoms with Gasteiger partial charge in [0.2, 0.25) is 0 Å². The van der Waals surface area contributed by atoms with Gasteiger partial charge in [0.25, 0.3) is 0 Å². The van der Waals surface area contributed by atoms with Crippen LogP contribution in [0.4, 0.5) is 10.5 Å². The normalized spacial score (nSPS) is 19.4. The first-order valence-corrected chi connectivity index (χ1v) is 9.18. The first kappa shape index (κ1) is 15.5. The molecule has 0 saturated carbocycles. The summed E-state index contributed by atoms with van der Waals surface area (Å²) < 4.78 is 22.7. The Kier molecular flexibility index (Phi) is 4.33. The standard InChI is InChI=1S/C15H18N4O3S/c20-15(16-7-11-5-6-23(21,22)10-11)19-14-3-1-12(2-4-14)13-8-17-18-9-13/h1-4,8-9,11H,5-7,10H2,(H,17,18)(H2,16,19,20). The van der Waals surface area contributed by atoms with E-state index in [1.54, 1.807) is 12.4 Å². The number of H-pyrrole nitrogens is 1. The van der Waals surface area contributed by atoms with Crippen LogP contribution < -0.4 is 10.6 Å². The van der Waals surface area contributed by atoms with Gasteiger partial charge in [0.15, 0.2) is 9.84 Å². The molecule has 2 amide bonds. The Morgan fingerprint density at radius 1 is 1.26 bits per heavy atom. The van der Waals surface area contributed by atoms with Crippen LogP contribution in [0.3, 0.4) is 0 Å². The third-order valence-electron chi connectivity index (χ3n) is 3.85. The van der Waals surface area contributed by atoms with Crippen molar-refractivity contribution in [1.29, 1.82) is 0 Å². The maximum atomic E-state index is 11.9. The summed E-state index contributed by atoms with van der Waals surface area (Å²) in [6.45, 7) is 0.373. The van der Waals surface area contributed by atoms with Crippen LogP contribution in [0.25, 0.3) is 11.1 Å². The van der Waals surface area contributed by atoms with Crippen LogP contribution in [-0.4, -0.2) is 42.7 Å². The summed E-state index contributed by atoms with van der Waals surface area (Å²) in [5, 5.41) is 12.1. The second-order valence-electron chi connectivity index (χ2n) is 5.67. The predicted molar refractivity (Wildman–Crippen MR) is 87.8 cm³/mol. The molecule has 1 unspecified atom stereocenters. The van der Waals surface area contributed by atoms with Crippen molar-refractivity contribution in [1.82, 2.24) is 15.5 Å². The highest BCUT2D eigenvalue weighted by molar-refractivity contribution is 7.91. The quantitative estimate of drug-likeness (QED) is 0.790.